The number of carbonyl (C=O) groups is 1. The molecular weight excluding hydrogens is 216 g/mol. The van der Waals surface area contributed by atoms with E-state index in [-0.39, 0.29) is 12.5 Å². The lowest BCUT2D eigenvalue weighted by atomic mass is 9.79. The first-order chi connectivity index (χ1) is 8.15. The number of carbonyl (C=O) groups excluding carboxylic acids is 1. The van der Waals surface area contributed by atoms with Gasteiger partial charge in [-0.15, -0.1) is 0 Å². The molecule has 0 aliphatic heterocycles. The van der Waals surface area contributed by atoms with Crippen molar-refractivity contribution in [3.8, 4) is 0 Å². The maximum atomic E-state index is 11.5. The number of amides is 1. The molecule has 0 heterocycles. The van der Waals surface area contributed by atoms with Gasteiger partial charge in [-0.2, -0.15) is 0 Å². The molecule has 0 spiro atoms. The summed E-state index contributed by atoms with van der Waals surface area (Å²) >= 11 is 0. The molecule has 4 nitrogen and oxygen atoms in total. The monoisotopic (exact) mass is 242 g/mol. The van der Waals surface area contributed by atoms with Gasteiger partial charge in [0, 0.05) is 13.7 Å². The molecule has 1 amide bonds. The molecule has 1 fully saturated rings. The number of nitrogens with two attached hydrogens (primary N) is 1. The molecule has 3 atom stereocenters. The molecule has 3 N–H and O–H groups in total. The number of methoxy groups -OCH3 is 1. The Hall–Kier alpha value is -0.610. The van der Waals surface area contributed by atoms with E-state index < -0.39 is 6.04 Å². The molecule has 4 heteroatoms. The van der Waals surface area contributed by atoms with Crippen LogP contribution in [0.4, 0.5) is 0 Å². The highest BCUT2D eigenvalue weighted by Gasteiger charge is 2.21. The van der Waals surface area contributed by atoms with Crippen LogP contribution in [-0.2, 0) is 9.53 Å². The zero-order valence-electron chi connectivity index (χ0n) is 11.1. The van der Waals surface area contributed by atoms with E-state index in [0.717, 1.165) is 24.8 Å². The number of nitrogens with one attached hydrogen (secondary N) is 1. The predicted octanol–water partition coefficient (Wildman–Crippen LogP) is 1.29. The molecule has 0 bridgehead atoms. The Bertz CT molecular complexity index is 233. The van der Waals surface area contributed by atoms with Gasteiger partial charge in [0.15, 0.2) is 0 Å². The summed E-state index contributed by atoms with van der Waals surface area (Å²) in [5, 5.41) is 2.89. The summed E-state index contributed by atoms with van der Waals surface area (Å²) in [5.41, 5.74) is 5.64. The molecular formula is C13H26N2O2. The highest BCUT2D eigenvalue weighted by Crippen LogP contribution is 2.31. The largest absolute Gasteiger partial charge is 0.383 e. The van der Waals surface area contributed by atoms with Crippen LogP contribution in [0.3, 0.4) is 0 Å². The Morgan fingerprint density at radius 3 is 2.82 bits per heavy atom. The smallest absolute Gasteiger partial charge is 0.239 e. The van der Waals surface area contributed by atoms with Crippen LogP contribution < -0.4 is 11.1 Å². The van der Waals surface area contributed by atoms with Crippen LogP contribution in [0, 0.1) is 11.8 Å². The van der Waals surface area contributed by atoms with Gasteiger partial charge in [0.05, 0.1) is 6.61 Å². The molecule has 0 saturated heterocycles. The Balaban J connectivity index is 2.16. The van der Waals surface area contributed by atoms with Crippen LogP contribution in [0.25, 0.3) is 0 Å². The fourth-order valence-corrected chi connectivity index (χ4v) is 2.59. The average molecular weight is 242 g/mol. The highest BCUT2D eigenvalue weighted by atomic mass is 16.5. The molecule has 1 aliphatic rings. The Kier molecular flexibility index (Phi) is 6.52. The van der Waals surface area contributed by atoms with Gasteiger partial charge in [0.1, 0.15) is 6.04 Å². The van der Waals surface area contributed by atoms with Crippen LogP contribution in [0.5, 0.6) is 0 Å². The maximum Gasteiger partial charge on any atom is 0.239 e. The number of ether oxygens (including phenoxy) is 1. The standard InChI is InChI=1S/C13H26N2O2/c1-10-5-3-4-6-11(10)7-8-15-13(16)12(14)9-17-2/h10-12H,3-9,14H2,1-2H3,(H,15,16). The van der Waals surface area contributed by atoms with E-state index in [0.29, 0.717) is 0 Å². The van der Waals surface area contributed by atoms with Gasteiger partial charge in [-0.1, -0.05) is 32.6 Å². The molecule has 3 unspecified atom stereocenters. The summed E-state index contributed by atoms with van der Waals surface area (Å²) in [7, 11) is 1.55. The van der Waals surface area contributed by atoms with Crippen molar-refractivity contribution >= 4 is 5.91 Å². The zero-order valence-corrected chi connectivity index (χ0v) is 11.1. The highest BCUT2D eigenvalue weighted by molar-refractivity contribution is 5.81. The van der Waals surface area contributed by atoms with Crippen molar-refractivity contribution in [2.24, 2.45) is 17.6 Å². The topological polar surface area (TPSA) is 64.3 Å². The first-order valence-corrected chi connectivity index (χ1v) is 6.67. The van der Waals surface area contributed by atoms with E-state index in [1.807, 2.05) is 0 Å². The average Bonchev–Trinajstić information content (AvgIpc) is 2.31. The molecule has 100 valence electrons. The lowest BCUT2D eigenvalue weighted by Crippen LogP contribution is -2.44. The summed E-state index contributed by atoms with van der Waals surface area (Å²) in [5.74, 6) is 1.46. The van der Waals surface area contributed by atoms with Crippen molar-refractivity contribution in [3.05, 3.63) is 0 Å². The normalized spacial score (nSPS) is 26.5. The summed E-state index contributed by atoms with van der Waals surface area (Å²) in [6.07, 6.45) is 6.42. The second-order valence-corrected chi connectivity index (χ2v) is 5.16. The van der Waals surface area contributed by atoms with E-state index in [1.54, 1.807) is 7.11 Å². The quantitative estimate of drug-likeness (QED) is 0.737. The van der Waals surface area contributed by atoms with Gasteiger partial charge in [-0.3, -0.25) is 4.79 Å². The fraction of sp³-hybridized carbons (Fsp3) is 0.923. The minimum Gasteiger partial charge on any atom is -0.383 e. The van der Waals surface area contributed by atoms with Crippen LogP contribution in [-0.4, -0.2) is 32.2 Å². The number of hydrogen-bond acceptors (Lipinski definition) is 3. The Morgan fingerprint density at radius 1 is 1.47 bits per heavy atom. The molecule has 1 aliphatic carbocycles. The van der Waals surface area contributed by atoms with Crippen molar-refractivity contribution in [2.75, 3.05) is 20.3 Å². The number of rotatable bonds is 6. The van der Waals surface area contributed by atoms with Gasteiger partial charge >= 0.3 is 0 Å². The first-order valence-electron chi connectivity index (χ1n) is 6.67. The van der Waals surface area contributed by atoms with Crippen LogP contribution in [0.2, 0.25) is 0 Å². The summed E-state index contributed by atoms with van der Waals surface area (Å²) < 4.78 is 4.85. The van der Waals surface area contributed by atoms with Gasteiger partial charge in [0.25, 0.3) is 0 Å². The Labute approximate surface area is 104 Å². The van der Waals surface area contributed by atoms with Crippen molar-refractivity contribution in [1.82, 2.24) is 5.32 Å². The lowest BCUT2D eigenvalue weighted by Gasteiger charge is -2.28. The van der Waals surface area contributed by atoms with E-state index in [9.17, 15) is 4.79 Å². The third kappa shape index (κ3) is 5.04. The number of hydrogen-bond donors (Lipinski definition) is 2. The van der Waals surface area contributed by atoms with Gasteiger partial charge in [0.2, 0.25) is 5.91 Å². The van der Waals surface area contributed by atoms with E-state index in [2.05, 4.69) is 12.2 Å². The van der Waals surface area contributed by atoms with E-state index >= 15 is 0 Å². The maximum absolute atomic E-state index is 11.5. The van der Waals surface area contributed by atoms with E-state index in [1.165, 1.54) is 25.7 Å². The SMILES string of the molecule is COCC(N)C(=O)NCCC1CCCCC1C. The predicted molar refractivity (Wildman–Crippen MR) is 68.6 cm³/mol. The minimum absolute atomic E-state index is 0.102. The third-order valence-electron chi connectivity index (χ3n) is 3.79. The second-order valence-electron chi connectivity index (χ2n) is 5.16. The van der Waals surface area contributed by atoms with Crippen molar-refractivity contribution in [2.45, 2.75) is 45.1 Å². The van der Waals surface area contributed by atoms with Crippen LogP contribution in [0.1, 0.15) is 39.0 Å². The molecule has 0 radical (unpaired) electrons. The minimum atomic E-state index is -0.538. The molecule has 17 heavy (non-hydrogen) atoms. The fourth-order valence-electron chi connectivity index (χ4n) is 2.59. The molecule has 1 rings (SSSR count). The zero-order chi connectivity index (χ0) is 12.7. The molecule has 0 aromatic carbocycles. The second kappa shape index (κ2) is 7.67. The van der Waals surface area contributed by atoms with E-state index in [4.69, 9.17) is 10.5 Å². The van der Waals surface area contributed by atoms with Crippen molar-refractivity contribution < 1.29 is 9.53 Å². The van der Waals surface area contributed by atoms with Crippen LogP contribution >= 0.6 is 0 Å². The molecule has 0 aromatic rings. The van der Waals surface area contributed by atoms with Crippen molar-refractivity contribution in [3.63, 3.8) is 0 Å². The summed E-state index contributed by atoms with van der Waals surface area (Å²) in [6.45, 7) is 3.35. The summed E-state index contributed by atoms with van der Waals surface area (Å²) in [6, 6.07) is -0.538. The van der Waals surface area contributed by atoms with Crippen LogP contribution in [0.15, 0.2) is 0 Å². The molecule has 1 saturated carbocycles. The Morgan fingerprint density at radius 2 is 2.18 bits per heavy atom. The molecule has 0 aromatic heterocycles. The van der Waals surface area contributed by atoms with Gasteiger partial charge in [-0.05, 0) is 18.3 Å². The lowest BCUT2D eigenvalue weighted by molar-refractivity contribution is -0.123. The first kappa shape index (κ1) is 14.5. The van der Waals surface area contributed by atoms with Crippen molar-refractivity contribution in [1.29, 1.82) is 0 Å². The van der Waals surface area contributed by atoms with Gasteiger partial charge in [-0.25, -0.2) is 0 Å². The van der Waals surface area contributed by atoms with Gasteiger partial charge < -0.3 is 15.8 Å². The third-order valence-corrected chi connectivity index (χ3v) is 3.79. The summed E-state index contributed by atoms with van der Waals surface area (Å²) in [4.78, 5) is 11.5.